The SMILES string of the molecule is Cc1c(F)cccc1[C@@]1(C(=O)O)C=C(c2cnn(C(F)F)c2)CC1. The third kappa shape index (κ3) is 2.50. The highest BCUT2D eigenvalue weighted by Crippen LogP contribution is 2.44. The van der Waals surface area contributed by atoms with Crippen molar-refractivity contribution >= 4 is 11.5 Å². The van der Waals surface area contributed by atoms with Gasteiger partial charge in [0.05, 0.1) is 6.20 Å². The second-order valence-electron chi connectivity index (χ2n) is 5.85. The fourth-order valence-electron chi connectivity index (χ4n) is 3.20. The molecule has 0 amide bonds. The van der Waals surface area contributed by atoms with Crippen LogP contribution in [0.1, 0.15) is 36.1 Å². The molecule has 1 atom stereocenters. The van der Waals surface area contributed by atoms with Crippen molar-refractivity contribution in [3.8, 4) is 0 Å². The van der Waals surface area contributed by atoms with Crippen LogP contribution in [0.25, 0.3) is 5.57 Å². The van der Waals surface area contributed by atoms with Gasteiger partial charge in [-0.05, 0) is 42.5 Å². The predicted molar refractivity (Wildman–Crippen MR) is 81.1 cm³/mol. The summed E-state index contributed by atoms with van der Waals surface area (Å²) in [5, 5.41) is 13.4. The van der Waals surface area contributed by atoms with Gasteiger partial charge in [-0.3, -0.25) is 4.79 Å². The average molecular weight is 336 g/mol. The monoisotopic (exact) mass is 336 g/mol. The van der Waals surface area contributed by atoms with Crippen LogP contribution in [0.15, 0.2) is 36.7 Å². The summed E-state index contributed by atoms with van der Waals surface area (Å²) in [6, 6.07) is 4.35. The van der Waals surface area contributed by atoms with Crippen LogP contribution in [-0.2, 0) is 10.2 Å². The van der Waals surface area contributed by atoms with Crippen LogP contribution in [0.4, 0.5) is 13.2 Å². The van der Waals surface area contributed by atoms with Gasteiger partial charge < -0.3 is 5.11 Å². The largest absolute Gasteiger partial charge is 0.480 e. The van der Waals surface area contributed by atoms with Crippen molar-refractivity contribution in [1.29, 1.82) is 0 Å². The number of nitrogens with zero attached hydrogens (tertiary/aromatic N) is 2. The second kappa shape index (κ2) is 5.81. The molecule has 0 spiro atoms. The van der Waals surface area contributed by atoms with E-state index in [0.717, 1.165) is 0 Å². The van der Waals surface area contributed by atoms with Gasteiger partial charge in [0, 0.05) is 11.8 Å². The molecule has 1 aromatic carbocycles. The lowest BCUT2D eigenvalue weighted by Gasteiger charge is -2.24. The van der Waals surface area contributed by atoms with Crippen LogP contribution in [-0.4, -0.2) is 20.9 Å². The number of benzene rings is 1. The Hall–Kier alpha value is -2.57. The molecule has 0 saturated heterocycles. The number of aliphatic carboxylic acids is 1. The number of carboxylic acid groups (broad SMARTS) is 1. The van der Waals surface area contributed by atoms with Crippen molar-refractivity contribution in [3.05, 3.63) is 59.2 Å². The lowest BCUT2D eigenvalue weighted by molar-refractivity contribution is -0.141. The third-order valence-corrected chi connectivity index (χ3v) is 4.51. The summed E-state index contributed by atoms with van der Waals surface area (Å²) < 4.78 is 39.7. The van der Waals surface area contributed by atoms with Gasteiger partial charge >= 0.3 is 12.5 Å². The molecule has 3 rings (SSSR count). The summed E-state index contributed by atoms with van der Waals surface area (Å²) >= 11 is 0. The van der Waals surface area contributed by atoms with Gasteiger partial charge in [-0.15, -0.1) is 0 Å². The van der Waals surface area contributed by atoms with Gasteiger partial charge in [0.1, 0.15) is 11.2 Å². The minimum absolute atomic E-state index is 0.238. The normalized spacial score (nSPS) is 20.5. The Balaban J connectivity index is 2.08. The van der Waals surface area contributed by atoms with Crippen molar-refractivity contribution in [2.45, 2.75) is 31.7 Å². The maximum absolute atomic E-state index is 13.9. The van der Waals surface area contributed by atoms with Gasteiger partial charge in [0.15, 0.2) is 0 Å². The van der Waals surface area contributed by atoms with Crippen molar-refractivity contribution < 1.29 is 23.1 Å². The Morgan fingerprint density at radius 1 is 1.42 bits per heavy atom. The summed E-state index contributed by atoms with van der Waals surface area (Å²) in [4.78, 5) is 12.0. The number of carboxylic acids is 1. The Morgan fingerprint density at radius 3 is 2.79 bits per heavy atom. The van der Waals surface area contributed by atoms with Gasteiger partial charge in [-0.2, -0.15) is 13.9 Å². The summed E-state index contributed by atoms with van der Waals surface area (Å²) in [5.41, 5.74) is 0.362. The first-order valence-electron chi connectivity index (χ1n) is 7.38. The number of allylic oxidation sites excluding steroid dienone is 1. The van der Waals surface area contributed by atoms with E-state index in [4.69, 9.17) is 0 Å². The number of halogens is 3. The molecule has 4 nitrogen and oxygen atoms in total. The fraction of sp³-hybridized carbons (Fsp3) is 0.294. The van der Waals surface area contributed by atoms with Crippen molar-refractivity contribution in [2.24, 2.45) is 0 Å². The first kappa shape index (κ1) is 16.3. The Morgan fingerprint density at radius 2 is 2.17 bits per heavy atom. The third-order valence-electron chi connectivity index (χ3n) is 4.51. The van der Waals surface area contributed by atoms with E-state index in [1.54, 1.807) is 6.07 Å². The number of hydrogen-bond acceptors (Lipinski definition) is 2. The highest BCUT2D eigenvalue weighted by molar-refractivity contribution is 5.90. The van der Waals surface area contributed by atoms with Gasteiger partial charge in [-0.25, -0.2) is 9.07 Å². The molecule has 2 aromatic rings. The number of rotatable bonds is 4. The molecule has 1 heterocycles. The smallest absolute Gasteiger partial charge is 0.333 e. The average Bonchev–Trinajstić information content (AvgIpc) is 3.17. The zero-order valence-electron chi connectivity index (χ0n) is 12.8. The summed E-state index contributed by atoms with van der Waals surface area (Å²) in [7, 11) is 0. The van der Waals surface area contributed by atoms with E-state index in [1.807, 2.05) is 0 Å². The molecule has 7 heteroatoms. The van der Waals surface area contributed by atoms with E-state index in [2.05, 4.69) is 5.10 Å². The van der Waals surface area contributed by atoms with Crippen molar-refractivity contribution in [3.63, 3.8) is 0 Å². The van der Waals surface area contributed by atoms with Crippen molar-refractivity contribution in [2.75, 3.05) is 0 Å². The molecule has 24 heavy (non-hydrogen) atoms. The molecule has 1 aliphatic rings. The number of aromatic nitrogens is 2. The van der Waals surface area contributed by atoms with E-state index in [1.165, 1.54) is 37.5 Å². The standard InChI is InChI=1S/C17H15F3N2O2/c1-10-13(3-2-4-14(10)18)17(15(23)24)6-5-11(7-17)12-8-21-22(9-12)16(19)20/h2-4,7-9,16H,5-6H2,1H3,(H,23,24)/t17-/m0/s1. The van der Waals surface area contributed by atoms with Crippen molar-refractivity contribution in [1.82, 2.24) is 9.78 Å². The highest BCUT2D eigenvalue weighted by atomic mass is 19.3. The number of hydrogen-bond donors (Lipinski definition) is 1. The lowest BCUT2D eigenvalue weighted by Crippen LogP contribution is -2.32. The molecule has 0 saturated carbocycles. The second-order valence-corrected chi connectivity index (χ2v) is 5.85. The van der Waals surface area contributed by atoms with E-state index < -0.39 is 23.8 Å². The topological polar surface area (TPSA) is 55.1 Å². The first-order chi connectivity index (χ1) is 11.3. The first-order valence-corrected chi connectivity index (χ1v) is 7.38. The van der Waals surface area contributed by atoms with Crippen LogP contribution in [0.3, 0.4) is 0 Å². The lowest BCUT2D eigenvalue weighted by atomic mass is 9.78. The van der Waals surface area contributed by atoms with Gasteiger partial charge in [0.25, 0.3) is 0 Å². The Labute approximate surface area is 136 Å². The van der Waals surface area contributed by atoms with E-state index in [-0.39, 0.29) is 12.0 Å². The number of alkyl halides is 2. The van der Waals surface area contributed by atoms with Crippen LogP contribution < -0.4 is 0 Å². The Kier molecular flexibility index (Phi) is 3.95. The summed E-state index contributed by atoms with van der Waals surface area (Å²) in [5.74, 6) is -1.56. The zero-order valence-corrected chi connectivity index (χ0v) is 12.8. The van der Waals surface area contributed by atoms with E-state index >= 15 is 0 Å². The molecular weight excluding hydrogens is 321 g/mol. The molecule has 0 fully saturated rings. The fourth-order valence-corrected chi connectivity index (χ4v) is 3.20. The molecule has 1 N–H and O–H groups in total. The van der Waals surface area contributed by atoms with Gasteiger partial charge in [-0.1, -0.05) is 18.2 Å². The minimum Gasteiger partial charge on any atom is -0.480 e. The van der Waals surface area contributed by atoms with Crippen LogP contribution in [0.2, 0.25) is 0 Å². The van der Waals surface area contributed by atoms with E-state index in [0.29, 0.717) is 27.8 Å². The molecule has 0 aliphatic heterocycles. The minimum atomic E-state index is -2.75. The van der Waals surface area contributed by atoms with Crippen LogP contribution in [0.5, 0.6) is 0 Å². The molecule has 0 radical (unpaired) electrons. The molecule has 1 aliphatic carbocycles. The maximum Gasteiger partial charge on any atom is 0.333 e. The maximum atomic E-state index is 13.9. The van der Waals surface area contributed by atoms with E-state index in [9.17, 15) is 23.1 Å². The molecule has 126 valence electrons. The highest BCUT2D eigenvalue weighted by Gasteiger charge is 2.43. The number of carbonyl (C=O) groups is 1. The van der Waals surface area contributed by atoms with Gasteiger partial charge in [0.2, 0.25) is 0 Å². The quantitative estimate of drug-likeness (QED) is 0.920. The molecule has 0 unspecified atom stereocenters. The van der Waals surface area contributed by atoms with Crippen LogP contribution in [0, 0.1) is 12.7 Å². The zero-order chi connectivity index (χ0) is 17.5. The predicted octanol–water partition coefficient (Wildman–Crippen LogP) is 3.93. The molecule has 0 bridgehead atoms. The van der Waals surface area contributed by atoms with Crippen LogP contribution >= 0.6 is 0 Å². The molecular formula is C17H15F3N2O2. The molecule has 1 aromatic heterocycles. The summed E-state index contributed by atoms with van der Waals surface area (Å²) in [6.07, 6.45) is 4.63. The summed E-state index contributed by atoms with van der Waals surface area (Å²) in [6.45, 7) is -1.22. The Bertz CT molecular complexity index is 829.